The highest BCUT2D eigenvalue weighted by atomic mass is 16.6. The average Bonchev–Trinajstić information content (AvgIpc) is 2.96. The molecule has 224 valence electrons. The van der Waals surface area contributed by atoms with Crippen LogP contribution in [0.15, 0.2) is 60.7 Å². The number of carboxylic acid groups (broad SMARTS) is 1. The molecule has 0 aliphatic carbocycles. The summed E-state index contributed by atoms with van der Waals surface area (Å²) in [7, 11) is 4.33. The van der Waals surface area contributed by atoms with E-state index in [9.17, 15) is 14.7 Å². The van der Waals surface area contributed by atoms with Crippen molar-refractivity contribution in [1.29, 1.82) is 0 Å². The van der Waals surface area contributed by atoms with Gasteiger partial charge in [-0.2, -0.15) is 0 Å². The molecule has 0 aromatic heterocycles. The number of likely N-dealkylation sites (tertiary alicyclic amines) is 2. The maximum absolute atomic E-state index is 14.8. The van der Waals surface area contributed by atoms with E-state index in [0.29, 0.717) is 18.5 Å². The first kappa shape index (κ1) is 31.2. The Kier molecular flexibility index (Phi) is 9.35. The van der Waals surface area contributed by atoms with Crippen molar-refractivity contribution in [2.24, 2.45) is 23.2 Å². The van der Waals surface area contributed by atoms with Crippen LogP contribution in [-0.4, -0.2) is 70.7 Å². The van der Waals surface area contributed by atoms with Crippen LogP contribution < -0.4 is 0 Å². The number of piperidine rings is 2. The lowest BCUT2D eigenvalue weighted by molar-refractivity contribution is -0.219. The van der Waals surface area contributed by atoms with E-state index in [0.717, 1.165) is 17.5 Å². The van der Waals surface area contributed by atoms with Gasteiger partial charge in [-0.25, -0.2) is 0 Å². The van der Waals surface area contributed by atoms with Crippen LogP contribution in [0.25, 0.3) is 0 Å². The molecule has 6 heteroatoms. The summed E-state index contributed by atoms with van der Waals surface area (Å²) in [5, 5.41) is 10.9. The Labute approximate surface area is 247 Å². The van der Waals surface area contributed by atoms with Crippen LogP contribution in [0, 0.1) is 23.2 Å². The van der Waals surface area contributed by atoms with Gasteiger partial charge in [-0.3, -0.25) is 9.59 Å². The third kappa shape index (κ3) is 5.83. The van der Waals surface area contributed by atoms with E-state index in [1.807, 2.05) is 60.7 Å². The minimum atomic E-state index is -1.75. The number of hydrogen-bond acceptors (Lipinski definition) is 5. The van der Waals surface area contributed by atoms with Crippen molar-refractivity contribution in [2.75, 3.05) is 14.1 Å². The van der Waals surface area contributed by atoms with Gasteiger partial charge in [0.25, 0.3) is 0 Å². The third-order valence-electron chi connectivity index (χ3n) is 11.2. The number of ether oxygens (including phenoxy) is 1. The Morgan fingerprint density at radius 1 is 0.829 bits per heavy atom. The van der Waals surface area contributed by atoms with E-state index < -0.39 is 23.0 Å². The van der Waals surface area contributed by atoms with E-state index in [4.69, 9.17) is 4.74 Å². The lowest BCUT2D eigenvalue weighted by Gasteiger charge is -2.59. The van der Waals surface area contributed by atoms with Crippen LogP contribution in [0.2, 0.25) is 0 Å². The number of aliphatic carboxylic acids is 1. The molecule has 0 saturated carbocycles. The minimum Gasteiger partial charge on any atom is -0.480 e. The Balaban J connectivity index is 1.84. The molecule has 2 aromatic rings. The number of nitrogens with zero attached hydrogens (tertiary/aromatic N) is 2. The van der Waals surface area contributed by atoms with Crippen LogP contribution in [0.4, 0.5) is 0 Å². The quantitative estimate of drug-likeness (QED) is 0.317. The molecule has 2 aliphatic heterocycles. The fourth-order valence-electron chi connectivity index (χ4n) is 7.76. The molecule has 6 nitrogen and oxygen atoms in total. The Morgan fingerprint density at radius 3 is 1.80 bits per heavy atom. The molecule has 2 aromatic carbocycles. The van der Waals surface area contributed by atoms with E-state index in [-0.39, 0.29) is 42.7 Å². The molecular weight excluding hydrogens is 512 g/mol. The predicted molar refractivity (Wildman–Crippen MR) is 164 cm³/mol. The summed E-state index contributed by atoms with van der Waals surface area (Å²) in [5.41, 5.74) is -0.911. The molecule has 0 bridgehead atoms. The summed E-state index contributed by atoms with van der Waals surface area (Å²) < 4.78 is 6.93. The van der Waals surface area contributed by atoms with Crippen molar-refractivity contribution < 1.29 is 19.4 Å². The summed E-state index contributed by atoms with van der Waals surface area (Å²) in [5.74, 6) is -1.33. The molecule has 8 atom stereocenters. The lowest BCUT2D eigenvalue weighted by atomic mass is 9.60. The van der Waals surface area contributed by atoms with Gasteiger partial charge in [0.15, 0.2) is 5.41 Å². The zero-order valence-electron chi connectivity index (χ0n) is 26.2. The van der Waals surface area contributed by atoms with Gasteiger partial charge in [0.05, 0.1) is 0 Å². The first-order valence-corrected chi connectivity index (χ1v) is 15.3. The number of benzene rings is 2. The van der Waals surface area contributed by atoms with Crippen LogP contribution >= 0.6 is 0 Å². The van der Waals surface area contributed by atoms with Crippen molar-refractivity contribution in [3.05, 3.63) is 71.8 Å². The molecule has 2 fully saturated rings. The fourth-order valence-corrected chi connectivity index (χ4v) is 7.76. The molecule has 2 aliphatic rings. The molecule has 0 spiro atoms. The van der Waals surface area contributed by atoms with E-state index >= 15 is 0 Å². The summed E-state index contributed by atoms with van der Waals surface area (Å²) in [6.07, 6.45) is 1.73. The van der Waals surface area contributed by atoms with Gasteiger partial charge in [-0.15, -0.1) is 0 Å². The Morgan fingerprint density at radius 2 is 1.32 bits per heavy atom. The second kappa shape index (κ2) is 12.3. The highest BCUT2D eigenvalue weighted by molar-refractivity contribution is 6.00. The highest BCUT2D eigenvalue weighted by Crippen LogP contribution is 2.51. The van der Waals surface area contributed by atoms with E-state index in [1.165, 1.54) is 0 Å². The zero-order valence-corrected chi connectivity index (χ0v) is 26.2. The van der Waals surface area contributed by atoms with Gasteiger partial charge in [0.2, 0.25) is 0 Å². The predicted octanol–water partition coefficient (Wildman–Crippen LogP) is 5.94. The monoisotopic (exact) mass is 562 g/mol. The molecule has 4 rings (SSSR count). The topological polar surface area (TPSA) is 70.1 Å². The standard InChI is InChI=1S/C35H50N2O4/c1-23-19-31(25(3)27(5)36(23)7)35(20-24(2)37(8)28(6)26(35)4)41-33(40)34(32(38)39,21-29-15-11-9-12-16-29)22-30-17-13-10-14-18-30/h9-18,23-28,31H,19-22H2,1-8H3,(H,38,39). The van der Waals surface area contributed by atoms with Crippen LogP contribution in [0.1, 0.15) is 65.5 Å². The van der Waals surface area contributed by atoms with E-state index in [1.54, 1.807) is 0 Å². The van der Waals surface area contributed by atoms with Crippen LogP contribution in [-0.2, 0) is 27.2 Å². The molecule has 1 N–H and O–H groups in total. The second-order valence-corrected chi connectivity index (χ2v) is 13.3. The van der Waals surface area contributed by atoms with Crippen molar-refractivity contribution in [2.45, 2.75) is 97.0 Å². The van der Waals surface area contributed by atoms with Gasteiger partial charge >= 0.3 is 11.9 Å². The van der Waals surface area contributed by atoms with Gasteiger partial charge in [-0.1, -0.05) is 74.5 Å². The molecule has 8 unspecified atom stereocenters. The summed E-state index contributed by atoms with van der Waals surface area (Å²) in [6.45, 7) is 13.4. The summed E-state index contributed by atoms with van der Waals surface area (Å²) in [4.78, 5) is 32.9. The summed E-state index contributed by atoms with van der Waals surface area (Å²) in [6, 6.07) is 20.0. The smallest absolute Gasteiger partial charge is 0.324 e. The number of carbonyl (C=O) groups excluding carboxylic acids is 1. The van der Waals surface area contributed by atoms with Crippen molar-refractivity contribution in [1.82, 2.24) is 9.80 Å². The second-order valence-electron chi connectivity index (χ2n) is 13.3. The number of hydrogen-bond donors (Lipinski definition) is 1. The first-order chi connectivity index (χ1) is 19.3. The van der Waals surface area contributed by atoms with Gasteiger partial charge < -0.3 is 19.6 Å². The maximum Gasteiger partial charge on any atom is 0.324 e. The number of rotatable bonds is 8. The third-order valence-corrected chi connectivity index (χ3v) is 11.2. The SMILES string of the molecule is CC1C(C)N(C)C(C)CC1C1(OC(=O)C(Cc2ccccc2)(Cc2ccccc2)C(=O)O)CC(C)N(C)C(C)C1C. The minimum absolute atomic E-state index is 0.0304. The van der Waals surface area contributed by atoms with Crippen LogP contribution in [0.3, 0.4) is 0 Å². The largest absolute Gasteiger partial charge is 0.480 e. The molecule has 0 radical (unpaired) electrons. The van der Waals surface area contributed by atoms with Crippen LogP contribution in [0.5, 0.6) is 0 Å². The Bertz CT molecular complexity index is 1150. The lowest BCUT2D eigenvalue weighted by Crippen LogP contribution is -2.67. The fraction of sp³-hybridized carbons (Fsp3) is 0.600. The Hall–Kier alpha value is -2.70. The molecular formula is C35H50N2O4. The zero-order chi connectivity index (χ0) is 30.1. The first-order valence-electron chi connectivity index (χ1n) is 15.3. The number of carboxylic acids is 1. The highest BCUT2D eigenvalue weighted by Gasteiger charge is 2.60. The van der Waals surface area contributed by atoms with Crippen molar-refractivity contribution in [3.8, 4) is 0 Å². The average molecular weight is 563 g/mol. The van der Waals surface area contributed by atoms with Crippen molar-refractivity contribution >= 4 is 11.9 Å². The normalized spacial score (nSPS) is 33.3. The van der Waals surface area contributed by atoms with Gasteiger partial charge in [-0.05, 0) is 78.1 Å². The van der Waals surface area contributed by atoms with Gasteiger partial charge in [0, 0.05) is 42.4 Å². The number of esters is 1. The van der Waals surface area contributed by atoms with E-state index in [2.05, 4.69) is 65.4 Å². The summed E-state index contributed by atoms with van der Waals surface area (Å²) >= 11 is 0. The maximum atomic E-state index is 14.8. The number of carbonyl (C=O) groups is 2. The van der Waals surface area contributed by atoms with Gasteiger partial charge in [0.1, 0.15) is 5.60 Å². The molecule has 0 amide bonds. The van der Waals surface area contributed by atoms with Crippen molar-refractivity contribution in [3.63, 3.8) is 0 Å². The molecule has 2 heterocycles. The molecule has 41 heavy (non-hydrogen) atoms. The molecule has 2 saturated heterocycles.